The third-order valence-electron chi connectivity index (χ3n) is 2.69. The zero-order chi connectivity index (χ0) is 13.5. The quantitative estimate of drug-likeness (QED) is 0.787. The Morgan fingerprint density at radius 2 is 2.10 bits per heavy atom. The minimum atomic E-state index is -0.0965. The van der Waals surface area contributed by atoms with Gasteiger partial charge in [-0.3, -0.25) is 9.36 Å². The van der Waals surface area contributed by atoms with Gasteiger partial charge < -0.3 is 11.1 Å². The first-order valence-electron chi connectivity index (χ1n) is 6.24. The SMILES string of the molecule is Cl.Cl.NCCCCNC(=O)c1ccnc(-n2ccnc2)c1. The van der Waals surface area contributed by atoms with Crippen molar-refractivity contribution in [1.29, 1.82) is 0 Å². The summed E-state index contributed by atoms with van der Waals surface area (Å²) in [5.74, 6) is 0.577. The van der Waals surface area contributed by atoms with Crippen LogP contribution in [-0.4, -0.2) is 33.5 Å². The second-order valence-corrected chi connectivity index (χ2v) is 4.12. The molecule has 0 aliphatic rings. The number of nitrogens with one attached hydrogen (secondary N) is 1. The maximum Gasteiger partial charge on any atom is 0.251 e. The van der Waals surface area contributed by atoms with Crippen molar-refractivity contribution < 1.29 is 4.79 Å². The van der Waals surface area contributed by atoms with E-state index < -0.39 is 0 Å². The molecule has 0 radical (unpaired) electrons. The molecule has 21 heavy (non-hydrogen) atoms. The average molecular weight is 332 g/mol. The lowest BCUT2D eigenvalue weighted by atomic mass is 10.2. The summed E-state index contributed by atoms with van der Waals surface area (Å²) >= 11 is 0. The zero-order valence-corrected chi connectivity index (χ0v) is 13.1. The molecule has 0 bridgehead atoms. The molecule has 2 aromatic heterocycles. The smallest absolute Gasteiger partial charge is 0.251 e. The van der Waals surface area contributed by atoms with Crippen LogP contribution in [0, 0.1) is 0 Å². The predicted molar refractivity (Wildman–Crippen MR) is 86.5 cm³/mol. The molecule has 0 aliphatic carbocycles. The summed E-state index contributed by atoms with van der Waals surface area (Å²) in [6.07, 6.45) is 8.51. The van der Waals surface area contributed by atoms with Gasteiger partial charge in [0.2, 0.25) is 0 Å². The summed E-state index contributed by atoms with van der Waals surface area (Å²) in [6, 6.07) is 3.43. The fourth-order valence-electron chi connectivity index (χ4n) is 1.67. The van der Waals surface area contributed by atoms with Crippen LogP contribution in [0.5, 0.6) is 0 Å². The van der Waals surface area contributed by atoms with Crippen LogP contribution in [-0.2, 0) is 0 Å². The molecule has 0 unspecified atom stereocenters. The summed E-state index contributed by atoms with van der Waals surface area (Å²) < 4.78 is 1.76. The molecule has 2 rings (SSSR count). The molecule has 0 saturated heterocycles. The van der Waals surface area contributed by atoms with Crippen molar-refractivity contribution >= 4 is 30.7 Å². The molecular formula is C13H19Cl2N5O. The average Bonchev–Trinajstić information content (AvgIpc) is 2.98. The monoisotopic (exact) mass is 331 g/mol. The van der Waals surface area contributed by atoms with Crippen molar-refractivity contribution in [3.8, 4) is 5.82 Å². The highest BCUT2D eigenvalue weighted by Gasteiger charge is 2.06. The number of aromatic nitrogens is 3. The molecule has 0 saturated carbocycles. The van der Waals surface area contributed by atoms with Gasteiger partial charge in [0.05, 0.1) is 0 Å². The highest BCUT2D eigenvalue weighted by molar-refractivity contribution is 5.94. The van der Waals surface area contributed by atoms with E-state index in [9.17, 15) is 4.79 Å². The van der Waals surface area contributed by atoms with Crippen molar-refractivity contribution in [3.63, 3.8) is 0 Å². The number of hydrogen-bond acceptors (Lipinski definition) is 4. The fraction of sp³-hybridized carbons (Fsp3) is 0.308. The van der Waals surface area contributed by atoms with E-state index in [1.807, 2.05) is 0 Å². The Balaban J connectivity index is 0.00000200. The van der Waals surface area contributed by atoms with Crippen LogP contribution < -0.4 is 11.1 Å². The number of hydrogen-bond donors (Lipinski definition) is 2. The number of carbonyl (C=O) groups excluding carboxylic acids is 1. The first kappa shape index (κ1) is 19.4. The molecule has 8 heteroatoms. The van der Waals surface area contributed by atoms with E-state index in [0.29, 0.717) is 24.5 Å². The second-order valence-electron chi connectivity index (χ2n) is 4.12. The van der Waals surface area contributed by atoms with E-state index in [1.165, 1.54) is 0 Å². The number of imidazole rings is 1. The molecule has 3 N–H and O–H groups in total. The van der Waals surface area contributed by atoms with Gasteiger partial charge in [-0.1, -0.05) is 0 Å². The number of nitrogens with two attached hydrogens (primary N) is 1. The number of carbonyl (C=O) groups is 1. The van der Waals surface area contributed by atoms with Crippen molar-refractivity contribution in [2.75, 3.05) is 13.1 Å². The minimum Gasteiger partial charge on any atom is -0.352 e. The summed E-state index contributed by atoms with van der Waals surface area (Å²) in [5.41, 5.74) is 5.99. The lowest BCUT2D eigenvalue weighted by Crippen LogP contribution is -2.25. The van der Waals surface area contributed by atoms with E-state index >= 15 is 0 Å². The minimum absolute atomic E-state index is 0. The maximum absolute atomic E-state index is 11.9. The largest absolute Gasteiger partial charge is 0.352 e. The molecule has 0 atom stereocenters. The van der Waals surface area contributed by atoms with Gasteiger partial charge in [0, 0.05) is 30.7 Å². The standard InChI is InChI=1S/C13H17N5O.2ClH/c14-4-1-2-5-17-13(19)11-3-6-16-12(9-11)18-8-7-15-10-18;;/h3,6-10H,1-2,4-5,14H2,(H,17,19);2*1H. The number of nitrogens with zero attached hydrogens (tertiary/aromatic N) is 3. The lowest BCUT2D eigenvalue weighted by Gasteiger charge is -2.06. The van der Waals surface area contributed by atoms with Gasteiger partial charge in [0.15, 0.2) is 0 Å². The van der Waals surface area contributed by atoms with Crippen LogP contribution in [0.15, 0.2) is 37.1 Å². The lowest BCUT2D eigenvalue weighted by molar-refractivity contribution is 0.0953. The van der Waals surface area contributed by atoms with Gasteiger partial charge >= 0.3 is 0 Å². The van der Waals surface area contributed by atoms with Gasteiger partial charge in [-0.15, -0.1) is 24.8 Å². The van der Waals surface area contributed by atoms with E-state index in [4.69, 9.17) is 5.73 Å². The number of unbranched alkanes of at least 4 members (excludes halogenated alkanes) is 1. The van der Waals surface area contributed by atoms with Crippen molar-refractivity contribution in [2.45, 2.75) is 12.8 Å². The number of halogens is 2. The van der Waals surface area contributed by atoms with Crippen molar-refractivity contribution in [3.05, 3.63) is 42.6 Å². The van der Waals surface area contributed by atoms with Crippen LogP contribution in [0.2, 0.25) is 0 Å². The molecule has 1 amide bonds. The normalized spacial score (nSPS) is 9.38. The van der Waals surface area contributed by atoms with Crippen LogP contribution >= 0.6 is 24.8 Å². The molecular weight excluding hydrogens is 313 g/mol. The van der Waals surface area contributed by atoms with E-state index in [0.717, 1.165) is 12.8 Å². The number of amides is 1. The summed E-state index contributed by atoms with van der Waals surface area (Å²) in [4.78, 5) is 20.1. The van der Waals surface area contributed by atoms with Crippen LogP contribution in [0.1, 0.15) is 23.2 Å². The van der Waals surface area contributed by atoms with Crippen molar-refractivity contribution in [2.24, 2.45) is 5.73 Å². The summed E-state index contributed by atoms with van der Waals surface area (Å²) in [6.45, 7) is 1.29. The Morgan fingerprint density at radius 3 is 2.76 bits per heavy atom. The Hall–Kier alpha value is -1.63. The van der Waals surface area contributed by atoms with Gasteiger partial charge in [-0.2, -0.15) is 0 Å². The molecule has 0 spiro atoms. The van der Waals surface area contributed by atoms with E-state index in [2.05, 4.69) is 15.3 Å². The van der Waals surface area contributed by atoms with Crippen LogP contribution in [0.25, 0.3) is 5.82 Å². The van der Waals surface area contributed by atoms with Gasteiger partial charge in [0.1, 0.15) is 12.1 Å². The molecule has 116 valence electrons. The van der Waals surface area contributed by atoms with E-state index in [1.54, 1.807) is 41.6 Å². The second kappa shape index (κ2) is 10.1. The molecule has 0 aromatic carbocycles. The van der Waals surface area contributed by atoms with Gasteiger partial charge in [-0.25, -0.2) is 9.97 Å². The fourth-order valence-corrected chi connectivity index (χ4v) is 1.67. The molecule has 0 aliphatic heterocycles. The highest BCUT2D eigenvalue weighted by Crippen LogP contribution is 2.06. The molecule has 2 aromatic rings. The third kappa shape index (κ3) is 5.71. The summed E-state index contributed by atoms with van der Waals surface area (Å²) in [5, 5.41) is 2.86. The number of pyridine rings is 1. The number of rotatable bonds is 6. The first-order chi connectivity index (χ1) is 9.31. The molecule has 6 nitrogen and oxygen atoms in total. The van der Waals surface area contributed by atoms with Crippen LogP contribution in [0.4, 0.5) is 0 Å². The van der Waals surface area contributed by atoms with Gasteiger partial charge in [0.25, 0.3) is 5.91 Å². The van der Waals surface area contributed by atoms with Crippen molar-refractivity contribution in [1.82, 2.24) is 19.9 Å². The Labute approximate surface area is 136 Å². The first-order valence-corrected chi connectivity index (χ1v) is 6.24. The predicted octanol–water partition coefficient (Wildman–Crippen LogP) is 1.58. The Morgan fingerprint density at radius 1 is 1.29 bits per heavy atom. The molecule has 0 fully saturated rings. The van der Waals surface area contributed by atoms with E-state index in [-0.39, 0.29) is 30.7 Å². The topological polar surface area (TPSA) is 85.8 Å². The van der Waals surface area contributed by atoms with Crippen LogP contribution in [0.3, 0.4) is 0 Å². The molecule has 2 heterocycles. The Kier molecular flexibility index (Phi) is 9.36. The van der Waals surface area contributed by atoms with Gasteiger partial charge in [-0.05, 0) is 31.5 Å². The summed E-state index contributed by atoms with van der Waals surface area (Å²) in [7, 11) is 0. The maximum atomic E-state index is 11.9. The Bertz CT molecular complexity index is 533. The third-order valence-corrected chi connectivity index (χ3v) is 2.69. The highest BCUT2D eigenvalue weighted by atomic mass is 35.5. The zero-order valence-electron chi connectivity index (χ0n) is 11.4.